The highest BCUT2D eigenvalue weighted by Crippen LogP contribution is 2.33. The third kappa shape index (κ3) is 2.31. The van der Waals surface area contributed by atoms with Crippen LogP contribution in [-0.2, 0) is 12.4 Å². The van der Waals surface area contributed by atoms with Crippen LogP contribution in [0.3, 0.4) is 0 Å². The molecule has 0 spiro atoms. The van der Waals surface area contributed by atoms with Gasteiger partial charge in [0, 0.05) is 24.1 Å². The lowest BCUT2D eigenvalue weighted by molar-refractivity contribution is 0.902. The Kier molecular flexibility index (Phi) is 3.70. The predicted molar refractivity (Wildman–Crippen MR) is 75.9 cm³/mol. The fourth-order valence-electron chi connectivity index (χ4n) is 1.77. The standard InChI is InChI=1S/C13H10Br2N2/c1-17-8-11(7-16)12(13(17)15)10-4-2-3-9(5-10)6-14/h2-5,8H,6H2,1H3. The molecule has 17 heavy (non-hydrogen) atoms. The lowest BCUT2D eigenvalue weighted by Crippen LogP contribution is -1.85. The minimum atomic E-state index is 0.686. The van der Waals surface area contributed by atoms with Crippen molar-refractivity contribution in [3.05, 3.63) is 46.2 Å². The van der Waals surface area contributed by atoms with Crippen molar-refractivity contribution >= 4 is 31.9 Å². The SMILES string of the molecule is Cn1cc(C#N)c(-c2cccc(CBr)c2)c1Br. The van der Waals surface area contributed by atoms with Gasteiger partial charge in [-0.2, -0.15) is 5.26 Å². The number of hydrogen-bond donors (Lipinski definition) is 0. The number of nitriles is 1. The van der Waals surface area contributed by atoms with E-state index in [1.807, 2.05) is 29.9 Å². The highest BCUT2D eigenvalue weighted by atomic mass is 79.9. The van der Waals surface area contributed by atoms with Crippen LogP contribution >= 0.6 is 31.9 Å². The van der Waals surface area contributed by atoms with E-state index in [2.05, 4.69) is 50.1 Å². The van der Waals surface area contributed by atoms with Crippen LogP contribution in [0.4, 0.5) is 0 Å². The van der Waals surface area contributed by atoms with Crippen molar-refractivity contribution in [1.29, 1.82) is 5.26 Å². The maximum Gasteiger partial charge on any atom is 0.101 e. The molecule has 2 nitrogen and oxygen atoms in total. The average molecular weight is 354 g/mol. The van der Waals surface area contributed by atoms with Crippen LogP contribution < -0.4 is 0 Å². The summed E-state index contributed by atoms with van der Waals surface area (Å²) in [5.74, 6) is 0. The zero-order chi connectivity index (χ0) is 12.4. The summed E-state index contributed by atoms with van der Waals surface area (Å²) in [4.78, 5) is 0. The van der Waals surface area contributed by atoms with E-state index in [1.165, 1.54) is 5.56 Å². The molecule has 4 heteroatoms. The van der Waals surface area contributed by atoms with Crippen molar-refractivity contribution in [2.75, 3.05) is 0 Å². The molecule has 0 atom stereocenters. The van der Waals surface area contributed by atoms with E-state index in [4.69, 9.17) is 5.26 Å². The summed E-state index contributed by atoms with van der Waals surface area (Å²) in [5.41, 5.74) is 3.90. The second-order valence-corrected chi connectivity index (χ2v) is 5.08. The second-order valence-electron chi connectivity index (χ2n) is 3.77. The molecule has 0 fully saturated rings. The molecule has 86 valence electrons. The molecule has 2 aromatic rings. The van der Waals surface area contributed by atoms with Gasteiger partial charge in [-0.25, -0.2) is 0 Å². The molecular formula is C13H10Br2N2. The Morgan fingerprint density at radius 2 is 2.18 bits per heavy atom. The Labute approximate surface area is 117 Å². The van der Waals surface area contributed by atoms with Crippen LogP contribution in [0.1, 0.15) is 11.1 Å². The van der Waals surface area contributed by atoms with Gasteiger partial charge in [0.05, 0.1) is 10.2 Å². The minimum absolute atomic E-state index is 0.686. The van der Waals surface area contributed by atoms with Gasteiger partial charge in [-0.05, 0) is 27.1 Å². The molecule has 0 aliphatic rings. The Morgan fingerprint density at radius 1 is 1.41 bits per heavy atom. The number of alkyl halides is 1. The summed E-state index contributed by atoms with van der Waals surface area (Å²) in [7, 11) is 1.92. The minimum Gasteiger partial charge on any atom is -0.344 e. The second kappa shape index (κ2) is 5.07. The normalized spacial score (nSPS) is 10.2. The average Bonchev–Trinajstić information content (AvgIpc) is 2.65. The fourth-order valence-corrected chi connectivity index (χ4v) is 2.67. The lowest BCUT2D eigenvalue weighted by atomic mass is 10.0. The van der Waals surface area contributed by atoms with E-state index in [1.54, 1.807) is 0 Å². The number of aromatic nitrogens is 1. The molecule has 1 heterocycles. The van der Waals surface area contributed by atoms with E-state index in [9.17, 15) is 0 Å². The maximum atomic E-state index is 9.15. The van der Waals surface area contributed by atoms with Gasteiger partial charge in [-0.1, -0.05) is 40.2 Å². The first-order valence-electron chi connectivity index (χ1n) is 5.07. The molecule has 0 bridgehead atoms. The van der Waals surface area contributed by atoms with Gasteiger partial charge in [0.2, 0.25) is 0 Å². The highest BCUT2D eigenvalue weighted by molar-refractivity contribution is 9.10. The molecular weight excluding hydrogens is 344 g/mol. The summed E-state index contributed by atoms with van der Waals surface area (Å²) in [6, 6.07) is 10.4. The molecule has 1 aromatic carbocycles. The molecule has 0 radical (unpaired) electrons. The molecule has 0 aliphatic heterocycles. The Morgan fingerprint density at radius 3 is 2.82 bits per heavy atom. The topological polar surface area (TPSA) is 28.7 Å². The van der Waals surface area contributed by atoms with E-state index in [0.29, 0.717) is 5.56 Å². The molecule has 0 saturated carbocycles. The molecule has 2 rings (SSSR count). The summed E-state index contributed by atoms with van der Waals surface area (Å²) < 4.78 is 2.84. The third-order valence-corrected chi connectivity index (χ3v) is 4.20. The third-order valence-electron chi connectivity index (χ3n) is 2.60. The number of halogens is 2. The summed E-state index contributed by atoms with van der Waals surface area (Å²) in [6.07, 6.45) is 1.83. The lowest BCUT2D eigenvalue weighted by Gasteiger charge is -2.04. The summed E-state index contributed by atoms with van der Waals surface area (Å²) in [5, 5.41) is 9.96. The van der Waals surface area contributed by atoms with Gasteiger partial charge in [0.1, 0.15) is 6.07 Å². The van der Waals surface area contributed by atoms with Crippen LogP contribution in [0.5, 0.6) is 0 Å². The van der Waals surface area contributed by atoms with Crippen LogP contribution in [0, 0.1) is 11.3 Å². The van der Waals surface area contributed by atoms with Gasteiger partial charge < -0.3 is 4.57 Å². The molecule has 0 aliphatic carbocycles. The first-order valence-corrected chi connectivity index (χ1v) is 6.99. The van der Waals surface area contributed by atoms with Crippen molar-refractivity contribution in [2.45, 2.75) is 5.33 Å². The maximum absolute atomic E-state index is 9.15. The van der Waals surface area contributed by atoms with Crippen LogP contribution in [0.15, 0.2) is 35.1 Å². The summed E-state index contributed by atoms with van der Waals surface area (Å²) in [6.45, 7) is 0. The van der Waals surface area contributed by atoms with Crippen molar-refractivity contribution in [3.8, 4) is 17.2 Å². The Bertz CT molecular complexity index is 594. The molecule has 0 unspecified atom stereocenters. The van der Waals surface area contributed by atoms with Crippen LogP contribution in [-0.4, -0.2) is 4.57 Å². The van der Waals surface area contributed by atoms with Crippen molar-refractivity contribution in [1.82, 2.24) is 4.57 Å². The number of nitrogens with zero attached hydrogens (tertiary/aromatic N) is 2. The summed E-state index contributed by atoms with van der Waals surface area (Å²) >= 11 is 6.97. The molecule has 0 amide bonds. The molecule has 0 saturated heterocycles. The van der Waals surface area contributed by atoms with Gasteiger partial charge >= 0.3 is 0 Å². The number of benzene rings is 1. The smallest absolute Gasteiger partial charge is 0.101 e. The zero-order valence-electron chi connectivity index (χ0n) is 9.24. The Hall–Kier alpha value is -1.05. The van der Waals surface area contributed by atoms with Crippen molar-refractivity contribution < 1.29 is 0 Å². The van der Waals surface area contributed by atoms with Gasteiger partial charge in [0.15, 0.2) is 0 Å². The zero-order valence-corrected chi connectivity index (χ0v) is 12.4. The van der Waals surface area contributed by atoms with Crippen LogP contribution in [0.25, 0.3) is 11.1 Å². The highest BCUT2D eigenvalue weighted by Gasteiger charge is 2.13. The number of rotatable bonds is 2. The molecule has 0 N–H and O–H groups in total. The molecule has 1 aromatic heterocycles. The largest absolute Gasteiger partial charge is 0.344 e. The first-order chi connectivity index (χ1) is 8.17. The number of hydrogen-bond acceptors (Lipinski definition) is 1. The first kappa shape index (κ1) is 12.4. The van der Waals surface area contributed by atoms with E-state index < -0.39 is 0 Å². The number of aryl methyl sites for hydroxylation is 1. The monoisotopic (exact) mass is 352 g/mol. The van der Waals surface area contributed by atoms with E-state index in [0.717, 1.165) is 21.1 Å². The van der Waals surface area contributed by atoms with Gasteiger partial charge in [-0.3, -0.25) is 0 Å². The fraction of sp³-hybridized carbons (Fsp3) is 0.154. The quantitative estimate of drug-likeness (QED) is 0.743. The van der Waals surface area contributed by atoms with Crippen molar-refractivity contribution in [2.24, 2.45) is 7.05 Å². The van der Waals surface area contributed by atoms with E-state index in [-0.39, 0.29) is 0 Å². The van der Waals surface area contributed by atoms with Crippen LogP contribution in [0.2, 0.25) is 0 Å². The van der Waals surface area contributed by atoms with Gasteiger partial charge in [0.25, 0.3) is 0 Å². The predicted octanol–water partition coefficient (Wildman–Crippen LogP) is 4.22. The van der Waals surface area contributed by atoms with Gasteiger partial charge in [-0.15, -0.1) is 0 Å². The Balaban J connectivity index is 2.64. The van der Waals surface area contributed by atoms with E-state index >= 15 is 0 Å². The van der Waals surface area contributed by atoms with Crippen molar-refractivity contribution in [3.63, 3.8) is 0 Å².